The molecule has 0 radical (unpaired) electrons. The van der Waals surface area contributed by atoms with Gasteiger partial charge < -0.3 is 15.4 Å². The van der Waals surface area contributed by atoms with E-state index in [1.54, 1.807) is 0 Å². The quantitative estimate of drug-likeness (QED) is 0.616. The number of hydrogen-bond acceptors (Lipinski definition) is 6. The SMILES string of the molecule is N#Cc1cnc(NC2CC[C@H](CO)C2)nc1-c1c[nH]c2ncc(C(F)(F)F)cc12. The first-order valence-corrected chi connectivity index (χ1v) is 9.08. The van der Waals surface area contributed by atoms with Crippen molar-refractivity contribution in [1.29, 1.82) is 5.26 Å². The molecule has 4 rings (SSSR count). The monoisotopic (exact) mass is 402 g/mol. The molecule has 7 nitrogen and oxygen atoms in total. The van der Waals surface area contributed by atoms with Crippen molar-refractivity contribution in [2.45, 2.75) is 31.5 Å². The van der Waals surface area contributed by atoms with Crippen LogP contribution in [0.15, 0.2) is 24.7 Å². The Morgan fingerprint density at radius 3 is 2.79 bits per heavy atom. The molecule has 29 heavy (non-hydrogen) atoms. The van der Waals surface area contributed by atoms with Crippen LogP contribution in [-0.4, -0.2) is 37.7 Å². The Bertz CT molecular complexity index is 1090. The third kappa shape index (κ3) is 3.73. The van der Waals surface area contributed by atoms with Gasteiger partial charge in [0.15, 0.2) is 0 Å². The minimum Gasteiger partial charge on any atom is -0.396 e. The molecule has 3 aromatic rings. The predicted octanol–water partition coefficient (Wildman–Crippen LogP) is 3.48. The van der Waals surface area contributed by atoms with Gasteiger partial charge in [0, 0.05) is 36.0 Å². The molecule has 3 heterocycles. The van der Waals surface area contributed by atoms with Gasteiger partial charge in [0.25, 0.3) is 0 Å². The van der Waals surface area contributed by atoms with Gasteiger partial charge in [-0.2, -0.15) is 18.4 Å². The summed E-state index contributed by atoms with van der Waals surface area (Å²) in [6.45, 7) is 0.127. The zero-order chi connectivity index (χ0) is 20.6. The second kappa shape index (κ2) is 7.33. The van der Waals surface area contributed by atoms with Crippen LogP contribution in [0.4, 0.5) is 19.1 Å². The first-order valence-electron chi connectivity index (χ1n) is 9.08. The summed E-state index contributed by atoms with van der Waals surface area (Å²) >= 11 is 0. The summed E-state index contributed by atoms with van der Waals surface area (Å²) in [7, 11) is 0. The average Bonchev–Trinajstić information content (AvgIpc) is 3.33. The Balaban J connectivity index is 1.73. The van der Waals surface area contributed by atoms with Gasteiger partial charge in [-0.1, -0.05) is 0 Å². The standard InChI is InChI=1S/C19H17F3N6O/c20-19(21,22)12-4-14-15(8-25-17(14)24-7-12)16-11(5-23)6-26-18(28-16)27-13-2-1-10(3-13)9-29/h4,6-8,10,13,29H,1-3,9H2,(H,24,25)(H,26,27,28)/t10-,13?/m0/s1. The molecule has 1 saturated carbocycles. The number of H-pyrrole nitrogens is 1. The number of hydrogen-bond donors (Lipinski definition) is 3. The fraction of sp³-hybridized carbons (Fsp3) is 0.368. The van der Waals surface area contributed by atoms with Crippen LogP contribution in [-0.2, 0) is 6.18 Å². The van der Waals surface area contributed by atoms with Crippen molar-refractivity contribution in [2.24, 2.45) is 5.92 Å². The van der Waals surface area contributed by atoms with Gasteiger partial charge in [0.05, 0.1) is 23.0 Å². The Morgan fingerprint density at radius 1 is 1.28 bits per heavy atom. The maximum Gasteiger partial charge on any atom is 0.417 e. The number of pyridine rings is 1. The van der Waals surface area contributed by atoms with E-state index < -0.39 is 11.7 Å². The molecule has 0 spiro atoms. The normalized spacial score (nSPS) is 19.4. The predicted molar refractivity (Wildman–Crippen MR) is 98.7 cm³/mol. The summed E-state index contributed by atoms with van der Waals surface area (Å²) in [5.74, 6) is 0.516. The fourth-order valence-electron chi connectivity index (χ4n) is 3.65. The largest absolute Gasteiger partial charge is 0.417 e. The minimum atomic E-state index is -4.53. The number of aliphatic hydroxyl groups is 1. The highest BCUT2D eigenvalue weighted by Crippen LogP contribution is 2.35. The molecule has 0 amide bonds. The highest BCUT2D eigenvalue weighted by Gasteiger charge is 2.32. The van der Waals surface area contributed by atoms with Gasteiger partial charge in [0.1, 0.15) is 11.7 Å². The lowest BCUT2D eigenvalue weighted by Crippen LogP contribution is -2.18. The summed E-state index contributed by atoms with van der Waals surface area (Å²) in [6.07, 6.45) is 1.60. The summed E-state index contributed by atoms with van der Waals surface area (Å²) in [4.78, 5) is 15.2. The molecule has 1 unspecified atom stereocenters. The summed E-state index contributed by atoms with van der Waals surface area (Å²) in [5.41, 5.74) is 0.118. The molecule has 2 atom stereocenters. The molecule has 0 aromatic carbocycles. The van der Waals surface area contributed by atoms with Crippen molar-refractivity contribution < 1.29 is 18.3 Å². The van der Waals surface area contributed by atoms with Crippen LogP contribution >= 0.6 is 0 Å². The summed E-state index contributed by atoms with van der Waals surface area (Å²) in [6, 6.07) is 3.07. The number of aromatic nitrogens is 4. The molecule has 0 bridgehead atoms. The summed E-state index contributed by atoms with van der Waals surface area (Å²) < 4.78 is 39.3. The number of nitrogens with zero attached hydrogens (tertiary/aromatic N) is 4. The van der Waals surface area contributed by atoms with E-state index in [1.807, 2.05) is 6.07 Å². The van der Waals surface area contributed by atoms with E-state index in [4.69, 9.17) is 0 Å². The Hall–Kier alpha value is -3.19. The molecule has 3 N–H and O–H groups in total. The van der Waals surface area contributed by atoms with Gasteiger partial charge in [-0.05, 0) is 31.2 Å². The lowest BCUT2D eigenvalue weighted by molar-refractivity contribution is -0.137. The smallest absolute Gasteiger partial charge is 0.396 e. The first-order chi connectivity index (χ1) is 13.9. The molecule has 10 heteroatoms. The number of alkyl halides is 3. The Morgan fingerprint density at radius 2 is 2.10 bits per heavy atom. The van der Waals surface area contributed by atoms with Crippen LogP contribution < -0.4 is 5.32 Å². The molecular weight excluding hydrogens is 385 g/mol. The van der Waals surface area contributed by atoms with E-state index in [0.29, 0.717) is 5.56 Å². The second-order valence-electron chi connectivity index (χ2n) is 7.09. The molecule has 150 valence electrons. The van der Waals surface area contributed by atoms with Gasteiger partial charge >= 0.3 is 6.18 Å². The van der Waals surface area contributed by atoms with Gasteiger partial charge in [-0.3, -0.25) is 0 Å². The number of anilines is 1. The van der Waals surface area contributed by atoms with Crippen LogP contribution in [0, 0.1) is 17.2 Å². The van der Waals surface area contributed by atoms with Gasteiger partial charge in [0.2, 0.25) is 5.95 Å². The van der Waals surface area contributed by atoms with E-state index in [-0.39, 0.29) is 46.8 Å². The third-order valence-corrected chi connectivity index (χ3v) is 5.16. The van der Waals surface area contributed by atoms with Crippen molar-refractivity contribution in [3.05, 3.63) is 35.8 Å². The third-order valence-electron chi connectivity index (χ3n) is 5.16. The molecule has 1 fully saturated rings. The lowest BCUT2D eigenvalue weighted by atomic mass is 10.1. The van der Waals surface area contributed by atoms with Crippen LogP contribution in [0.5, 0.6) is 0 Å². The molecule has 1 aliphatic carbocycles. The summed E-state index contributed by atoms with van der Waals surface area (Å²) in [5, 5.41) is 22.1. The zero-order valence-corrected chi connectivity index (χ0v) is 15.2. The number of aromatic amines is 1. The average molecular weight is 402 g/mol. The van der Waals surface area contributed by atoms with Crippen LogP contribution in [0.1, 0.15) is 30.4 Å². The minimum absolute atomic E-state index is 0.0920. The van der Waals surface area contributed by atoms with Gasteiger partial charge in [-0.25, -0.2) is 15.0 Å². The van der Waals surface area contributed by atoms with Crippen molar-refractivity contribution in [3.63, 3.8) is 0 Å². The number of nitriles is 1. The van der Waals surface area contributed by atoms with Crippen molar-refractivity contribution in [2.75, 3.05) is 11.9 Å². The van der Waals surface area contributed by atoms with Crippen LogP contribution in [0.25, 0.3) is 22.3 Å². The van der Waals surface area contributed by atoms with E-state index >= 15 is 0 Å². The molecule has 0 aliphatic heterocycles. The van der Waals surface area contributed by atoms with E-state index in [0.717, 1.165) is 31.5 Å². The van der Waals surface area contributed by atoms with Crippen LogP contribution in [0.3, 0.4) is 0 Å². The van der Waals surface area contributed by atoms with Crippen LogP contribution in [0.2, 0.25) is 0 Å². The Kier molecular flexibility index (Phi) is 4.84. The highest BCUT2D eigenvalue weighted by molar-refractivity contribution is 5.94. The van der Waals surface area contributed by atoms with Crippen molar-refractivity contribution >= 4 is 17.0 Å². The number of nitrogens with one attached hydrogen (secondary N) is 2. The molecular formula is C19H17F3N6O. The maximum atomic E-state index is 13.1. The molecule has 1 aliphatic rings. The van der Waals surface area contributed by atoms with Crippen molar-refractivity contribution in [3.8, 4) is 17.3 Å². The zero-order valence-electron chi connectivity index (χ0n) is 15.2. The maximum absolute atomic E-state index is 13.1. The number of fused-ring (bicyclic) bond motifs is 1. The van der Waals surface area contributed by atoms with Crippen molar-refractivity contribution in [1.82, 2.24) is 19.9 Å². The number of aliphatic hydroxyl groups excluding tert-OH is 1. The van der Waals surface area contributed by atoms with Gasteiger partial charge in [-0.15, -0.1) is 0 Å². The second-order valence-corrected chi connectivity index (χ2v) is 7.09. The topological polar surface area (TPSA) is 111 Å². The molecule has 0 saturated heterocycles. The number of halogens is 3. The lowest BCUT2D eigenvalue weighted by Gasteiger charge is -2.13. The Labute approximate surface area is 163 Å². The number of rotatable bonds is 4. The van der Waals surface area contributed by atoms with E-state index in [9.17, 15) is 23.5 Å². The van der Waals surface area contributed by atoms with E-state index in [1.165, 1.54) is 12.4 Å². The van der Waals surface area contributed by atoms with E-state index in [2.05, 4.69) is 25.3 Å². The highest BCUT2D eigenvalue weighted by atomic mass is 19.4. The first kappa shape index (κ1) is 19.1. The molecule has 3 aromatic heterocycles. The fourth-order valence-corrected chi connectivity index (χ4v) is 3.65.